The van der Waals surface area contributed by atoms with Crippen molar-refractivity contribution < 1.29 is 9.47 Å². The van der Waals surface area contributed by atoms with E-state index in [9.17, 15) is 0 Å². The SMILES string of the molecule is COC1(OC)[C@]2(c3ccccc3)N=N[C@@]1(c1ccccc1)[C@H]1CCC[C@H]12. The molecule has 4 nitrogen and oxygen atoms in total. The quantitative estimate of drug-likeness (QED) is 0.754. The van der Waals surface area contributed by atoms with Crippen LogP contribution in [0.3, 0.4) is 0 Å². The van der Waals surface area contributed by atoms with Crippen LogP contribution in [-0.2, 0) is 20.6 Å². The minimum atomic E-state index is -0.932. The Balaban J connectivity index is 1.84. The van der Waals surface area contributed by atoms with Crippen molar-refractivity contribution in [2.75, 3.05) is 14.2 Å². The van der Waals surface area contributed by atoms with Crippen molar-refractivity contribution in [1.29, 1.82) is 0 Å². The molecule has 0 spiro atoms. The van der Waals surface area contributed by atoms with Gasteiger partial charge in [0.1, 0.15) is 0 Å². The predicted molar refractivity (Wildman–Crippen MR) is 98.7 cm³/mol. The maximum atomic E-state index is 6.28. The number of hydrogen-bond donors (Lipinski definition) is 0. The molecule has 2 saturated carbocycles. The number of rotatable bonds is 4. The Bertz CT molecular complexity index is 768. The fourth-order valence-electron chi connectivity index (χ4n) is 6.19. The number of ether oxygens (including phenoxy) is 2. The molecule has 2 fully saturated rings. The Morgan fingerprint density at radius 3 is 1.54 bits per heavy atom. The Labute approximate surface area is 154 Å². The molecule has 2 aromatic rings. The highest BCUT2D eigenvalue weighted by Crippen LogP contribution is 2.74. The first-order valence-corrected chi connectivity index (χ1v) is 9.42. The minimum Gasteiger partial charge on any atom is -0.348 e. The third kappa shape index (κ3) is 1.55. The first-order chi connectivity index (χ1) is 12.8. The average molecular weight is 348 g/mol. The first-order valence-electron chi connectivity index (χ1n) is 9.42. The second kappa shape index (κ2) is 5.48. The maximum absolute atomic E-state index is 6.28. The Morgan fingerprint density at radius 2 is 1.15 bits per heavy atom. The summed E-state index contributed by atoms with van der Waals surface area (Å²) < 4.78 is 12.6. The van der Waals surface area contributed by atoms with Gasteiger partial charge in [-0.2, -0.15) is 10.2 Å². The number of hydrogen-bond acceptors (Lipinski definition) is 4. The molecule has 134 valence electrons. The zero-order valence-electron chi connectivity index (χ0n) is 15.3. The van der Waals surface area contributed by atoms with Crippen molar-refractivity contribution in [3.63, 3.8) is 0 Å². The van der Waals surface area contributed by atoms with E-state index in [0.29, 0.717) is 11.8 Å². The molecular formula is C22H24N2O2. The second-order valence-corrected chi connectivity index (χ2v) is 7.63. The van der Waals surface area contributed by atoms with Gasteiger partial charge in [0, 0.05) is 26.1 Å². The van der Waals surface area contributed by atoms with Crippen molar-refractivity contribution >= 4 is 0 Å². The monoisotopic (exact) mass is 348 g/mol. The van der Waals surface area contributed by atoms with Gasteiger partial charge < -0.3 is 9.47 Å². The lowest BCUT2D eigenvalue weighted by atomic mass is 9.74. The Kier molecular flexibility index (Phi) is 3.40. The van der Waals surface area contributed by atoms with Crippen LogP contribution in [0.1, 0.15) is 30.4 Å². The molecule has 5 rings (SSSR count). The van der Waals surface area contributed by atoms with Gasteiger partial charge in [0.05, 0.1) is 0 Å². The van der Waals surface area contributed by atoms with Crippen molar-refractivity contribution in [2.24, 2.45) is 22.1 Å². The molecule has 1 heterocycles. The summed E-state index contributed by atoms with van der Waals surface area (Å²) in [6.07, 6.45) is 3.45. The normalized spacial score (nSPS) is 36.4. The summed E-state index contributed by atoms with van der Waals surface area (Å²) >= 11 is 0. The van der Waals surface area contributed by atoms with E-state index >= 15 is 0 Å². The highest BCUT2D eigenvalue weighted by Gasteiger charge is 2.84. The number of nitrogens with zero attached hydrogens (tertiary/aromatic N) is 2. The fourth-order valence-corrected chi connectivity index (χ4v) is 6.19. The van der Waals surface area contributed by atoms with Crippen molar-refractivity contribution in [1.82, 2.24) is 0 Å². The largest absolute Gasteiger partial charge is 0.348 e. The number of fused-ring (bicyclic) bond motifs is 5. The van der Waals surface area contributed by atoms with Gasteiger partial charge in [-0.3, -0.25) is 0 Å². The summed E-state index contributed by atoms with van der Waals surface area (Å²) in [5.74, 6) is -0.205. The van der Waals surface area contributed by atoms with Gasteiger partial charge in [0.2, 0.25) is 5.79 Å². The van der Waals surface area contributed by atoms with Gasteiger partial charge >= 0.3 is 0 Å². The summed E-state index contributed by atoms with van der Waals surface area (Å²) in [4.78, 5) is 0. The molecule has 4 heteroatoms. The first kappa shape index (κ1) is 16.2. The predicted octanol–water partition coefficient (Wildman–Crippen LogP) is 4.66. The van der Waals surface area contributed by atoms with Crippen LogP contribution >= 0.6 is 0 Å². The van der Waals surface area contributed by atoms with E-state index < -0.39 is 16.9 Å². The van der Waals surface area contributed by atoms with Gasteiger partial charge in [-0.05, 0) is 24.0 Å². The van der Waals surface area contributed by atoms with E-state index in [1.807, 2.05) is 12.1 Å². The molecule has 26 heavy (non-hydrogen) atoms. The van der Waals surface area contributed by atoms with Crippen LogP contribution in [0, 0.1) is 11.8 Å². The summed E-state index contributed by atoms with van der Waals surface area (Å²) in [5, 5.41) is 9.93. The standard InChI is InChI=1S/C22H24N2O2/c1-25-22(26-2)20(16-10-5-3-6-11-16)18-14-9-15-19(18)21(22,24-23-20)17-12-7-4-8-13-17/h3-8,10-13,18-19H,9,14-15H2,1-2H3/t18-,19+,20-,21+. The molecule has 0 radical (unpaired) electrons. The molecule has 0 amide bonds. The molecule has 2 aliphatic carbocycles. The van der Waals surface area contributed by atoms with E-state index in [-0.39, 0.29) is 0 Å². The van der Waals surface area contributed by atoms with Crippen LogP contribution in [-0.4, -0.2) is 20.0 Å². The van der Waals surface area contributed by atoms with E-state index in [1.54, 1.807) is 14.2 Å². The Morgan fingerprint density at radius 1 is 0.731 bits per heavy atom. The topological polar surface area (TPSA) is 43.2 Å². The lowest BCUT2D eigenvalue weighted by molar-refractivity contribution is -0.263. The molecule has 4 atom stereocenters. The third-order valence-electron chi connectivity index (χ3n) is 6.96. The van der Waals surface area contributed by atoms with E-state index in [2.05, 4.69) is 48.5 Å². The van der Waals surface area contributed by atoms with Gasteiger partial charge in [0.25, 0.3) is 0 Å². The van der Waals surface area contributed by atoms with Gasteiger partial charge in [0.15, 0.2) is 11.1 Å². The highest BCUT2D eigenvalue weighted by molar-refractivity contribution is 5.46. The molecular weight excluding hydrogens is 324 g/mol. The summed E-state index contributed by atoms with van der Waals surface area (Å²) in [7, 11) is 3.49. The zero-order valence-corrected chi connectivity index (χ0v) is 15.3. The van der Waals surface area contributed by atoms with Crippen LogP contribution < -0.4 is 0 Å². The van der Waals surface area contributed by atoms with E-state index in [1.165, 1.54) is 6.42 Å². The Hall–Kier alpha value is -2.04. The molecule has 3 aliphatic rings. The molecule has 0 unspecified atom stereocenters. The number of azo groups is 1. The molecule has 2 bridgehead atoms. The molecule has 0 aromatic heterocycles. The minimum absolute atomic E-state index is 0.363. The van der Waals surface area contributed by atoms with Crippen molar-refractivity contribution in [2.45, 2.75) is 36.1 Å². The van der Waals surface area contributed by atoms with Crippen molar-refractivity contribution in [3.8, 4) is 0 Å². The highest BCUT2D eigenvalue weighted by atomic mass is 16.7. The summed E-state index contributed by atoms with van der Waals surface area (Å²) in [6, 6.07) is 20.9. The van der Waals surface area contributed by atoms with E-state index in [0.717, 1.165) is 24.0 Å². The van der Waals surface area contributed by atoms with Crippen molar-refractivity contribution in [3.05, 3.63) is 71.8 Å². The maximum Gasteiger partial charge on any atom is 0.232 e. The number of methoxy groups -OCH3 is 2. The molecule has 0 N–H and O–H groups in total. The van der Waals surface area contributed by atoms with Gasteiger partial charge in [-0.15, -0.1) is 0 Å². The molecule has 0 saturated heterocycles. The van der Waals surface area contributed by atoms with Gasteiger partial charge in [-0.1, -0.05) is 67.1 Å². The zero-order chi connectivity index (χ0) is 17.8. The smallest absolute Gasteiger partial charge is 0.232 e. The van der Waals surface area contributed by atoms with Crippen LogP contribution in [0.25, 0.3) is 0 Å². The second-order valence-electron chi connectivity index (χ2n) is 7.63. The van der Waals surface area contributed by atoms with Gasteiger partial charge in [-0.25, -0.2) is 0 Å². The molecule has 2 aromatic carbocycles. The van der Waals surface area contributed by atoms with Crippen LogP contribution in [0.5, 0.6) is 0 Å². The summed E-state index contributed by atoms with van der Waals surface area (Å²) in [5.41, 5.74) is 1.07. The average Bonchev–Trinajstić information content (AvgIpc) is 3.36. The molecule has 1 aliphatic heterocycles. The third-order valence-corrected chi connectivity index (χ3v) is 6.96. The van der Waals surface area contributed by atoms with E-state index in [4.69, 9.17) is 19.7 Å². The fraction of sp³-hybridized carbons (Fsp3) is 0.455. The lowest BCUT2D eigenvalue weighted by Crippen LogP contribution is -2.58. The number of benzene rings is 2. The summed E-state index contributed by atoms with van der Waals surface area (Å²) in [6.45, 7) is 0. The lowest BCUT2D eigenvalue weighted by Gasteiger charge is -2.44. The van der Waals surface area contributed by atoms with Crippen LogP contribution in [0.4, 0.5) is 0 Å². The van der Waals surface area contributed by atoms with Crippen LogP contribution in [0.15, 0.2) is 70.9 Å². The van der Waals surface area contributed by atoms with Crippen LogP contribution in [0.2, 0.25) is 0 Å².